The fourth-order valence-electron chi connectivity index (χ4n) is 1.51. The van der Waals surface area contributed by atoms with Crippen LogP contribution in [0.4, 0.5) is 5.69 Å². The highest BCUT2D eigenvalue weighted by atomic mass is 35.5. The third-order valence-corrected chi connectivity index (χ3v) is 2.67. The number of anilines is 1. The Hall–Kier alpha value is -1.82. The van der Waals surface area contributed by atoms with Gasteiger partial charge in [0.05, 0.1) is 11.9 Å². The summed E-state index contributed by atoms with van der Waals surface area (Å²) >= 11 is 5.71. The van der Waals surface area contributed by atoms with Crippen LogP contribution in [-0.4, -0.2) is 16.5 Å². The Labute approximate surface area is 110 Å². The molecular formula is C11H15ClN4O2. The molecule has 0 spiro atoms. The zero-order chi connectivity index (χ0) is 13.7. The Morgan fingerprint density at radius 3 is 2.72 bits per heavy atom. The molecule has 7 heteroatoms. The van der Waals surface area contributed by atoms with Gasteiger partial charge in [0, 0.05) is 6.54 Å². The molecular weight excluding hydrogens is 256 g/mol. The summed E-state index contributed by atoms with van der Waals surface area (Å²) in [4.78, 5) is 15.8. The lowest BCUT2D eigenvalue weighted by molar-refractivity contribution is -0.427. The third-order valence-electron chi connectivity index (χ3n) is 2.44. The molecule has 0 aromatic carbocycles. The Balaban J connectivity index is 3.14. The van der Waals surface area contributed by atoms with Crippen LogP contribution in [0.3, 0.4) is 0 Å². The average Bonchev–Trinajstić information content (AvgIpc) is 2.35. The highest BCUT2D eigenvalue weighted by Gasteiger charge is 2.16. The van der Waals surface area contributed by atoms with Gasteiger partial charge in [-0.05, 0) is 30.4 Å². The molecule has 1 heterocycles. The molecule has 0 radical (unpaired) electrons. The van der Waals surface area contributed by atoms with E-state index in [1.54, 1.807) is 30.2 Å². The van der Waals surface area contributed by atoms with E-state index >= 15 is 0 Å². The SMILES string of the molecule is CCCN(C(C)=C(N)[N+](=O)[O-])c1ccc(Cl)nc1. The Bertz CT molecular complexity index is 459. The van der Waals surface area contributed by atoms with Crippen molar-refractivity contribution in [2.24, 2.45) is 5.73 Å². The summed E-state index contributed by atoms with van der Waals surface area (Å²) in [6, 6.07) is 3.39. The second-order valence-corrected chi connectivity index (χ2v) is 4.11. The summed E-state index contributed by atoms with van der Waals surface area (Å²) in [6.07, 6.45) is 2.39. The molecule has 0 aliphatic carbocycles. The molecule has 0 atom stereocenters. The van der Waals surface area contributed by atoms with Gasteiger partial charge in [0.2, 0.25) is 0 Å². The second-order valence-electron chi connectivity index (χ2n) is 3.72. The molecule has 0 saturated heterocycles. The van der Waals surface area contributed by atoms with Gasteiger partial charge < -0.3 is 15.0 Å². The summed E-state index contributed by atoms with van der Waals surface area (Å²) < 4.78 is 0. The largest absolute Gasteiger partial charge is 0.358 e. The fourth-order valence-corrected chi connectivity index (χ4v) is 1.62. The number of allylic oxidation sites excluding steroid dienone is 1. The van der Waals surface area contributed by atoms with Gasteiger partial charge in [-0.3, -0.25) is 5.73 Å². The summed E-state index contributed by atoms with van der Waals surface area (Å²) in [5, 5.41) is 11.1. The number of rotatable bonds is 5. The number of pyridine rings is 1. The molecule has 0 saturated carbocycles. The topological polar surface area (TPSA) is 85.3 Å². The van der Waals surface area contributed by atoms with Crippen LogP contribution in [0.5, 0.6) is 0 Å². The van der Waals surface area contributed by atoms with Crippen molar-refractivity contribution in [3.63, 3.8) is 0 Å². The lowest BCUT2D eigenvalue weighted by Gasteiger charge is -2.23. The van der Waals surface area contributed by atoms with Crippen molar-refractivity contribution in [1.82, 2.24) is 4.98 Å². The molecule has 1 aromatic rings. The first-order valence-electron chi connectivity index (χ1n) is 5.47. The Kier molecular flexibility index (Phi) is 4.91. The molecule has 0 amide bonds. The molecule has 0 unspecified atom stereocenters. The van der Waals surface area contributed by atoms with Crippen LogP contribution in [0.25, 0.3) is 0 Å². The number of nitro groups is 1. The van der Waals surface area contributed by atoms with Crippen molar-refractivity contribution < 1.29 is 4.92 Å². The van der Waals surface area contributed by atoms with Gasteiger partial charge in [-0.25, -0.2) is 4.98 Å². The number of nitrogens with zero attached hydrogens (tertiary/aromatic N) is 3. The minimum atomic E-state index is -0.596. The van der Waals surface area contributed by atoms with E-state index < -0.39 is 4.92 Å². The standard InChI is InChI=1S/C11H15ClN4O2/c1-3-6-15(8(2)11(13)16(17)18)9-4-5-10(12)14-7-9/h4-5,7H,3,6,13H2,1-2H3. The molecule has 6 nitrogen and oxygen atoms in total. The number of halogens is 1. The van der Waals surface area contributed by atoms with Crippen LogP contribution in [0, 0.1) is 10.1 Å². The molecule has 0 aliphatic heterocycles. The van der Waals surface area contributed by atoms with Crippen LogP contribution in [0.2, 0.25) is 5.15 Å². The molecule has 0 bridgehead atoms. The Morgan fingerprint density at radius 2 is 2.28 bits per heavy atom. The van der Waals surface area contributed by atoms with Crippen molar-refractivity contribution in [2.75, 3.05) is 11.4 Å². The average molecular weight is 271 g/mol. The molecule has 18 heavy (non-hydrogen) atoms. The number of aromatic nitrogens is 1. The van der Waals surface area contributed by atoms with E-state index in [4.69, 9.17) is 17.3 Å². The van der Waals surface area contributed by atoms with Crippen molar-refractivity contribution in [2.45, 2.75) is 20.3 Å². The zero-order valence-corrected chi connectivity index (χ0v) is 11.0. The van der Waals surface area contributed by atoms with Crippen LogP contribution in [0.1, 0.15) is 20.3 Å². The minimum Gasteiger partial charge on any atom is -0.358 e. The van der Waals surface area contributed by atoms with Crippen LogP contribution in [-0.2, 0) is 0 Å². The van der Waals surface area contributed by atoms with E-state index in [0.29, 0.717) is 17.4 Å². The van der Waals surface area contributed by atoms with Crippen LogP contribution in [0.15, 0.2) is 29.8 Å². The van der Waals surface area contributed by atoms with Crippen molar-refractivity contribution in [3.8, 4) is 0 Å². The molecule has 98 valence electrons. The maximum absolute atomic E-state index is 10.7. The summed E-state index contributed by atoms with van der Waals surface area (Å²) in [5.41, 5.74) is 6.57. The predicted octanol–water partition coefficient (Wildman–Crippen LogP) is 2.38. The van der Waals surface area contributed by atoms with Crippen molar-refractivity contribution in [3.05, 3.63) is 45.1 Å². The molecule has 1 aromatic heterocycles. The maximum Gasteiger partial charge on any atom is 0.333 e. The van der Waals surface area contributed by atoms with E-state index in [0.717, 1.165) is 12.1 Å². The number of hydrogen-bond acceptors (Lipinski definition) is 5. The minimum absolute atomic E-state index is 0.363. The van der Waals surface area contributed by atoms with Crippen LogP contribution >= 0.6 is 11.6 Å². The van der Waals surface area contributed by atoms with Gasteiger partial charge in [0.15, 0.2) is 0 Å². The molecule has 2 N–H and O–H groups in total. The third kappa shape index (κ3) is 3.33. The van der Waals surface area contributed by atoms with Crippen molar-refractivity contribution >= 4 is 17.3 Å². The summed E-state index contributed by atoms with van der Waals surface area (Å²) in [7, 11) is 0. The smallest absolute Gasteiger partial charge is 0.333 e. The zero-order valence-electron chi connectivity index (χ0n) is 10.3. The fraction of sp³-hybridized carbons (Fsp3) is 0.364. The van der Waals surface area contributed by atoms with E-state index in [2.05, 4.69) is 4.98 Å². The van der Waals surface area contributed by atoms with Crippen molar-refractivity contribution in [1.29, 1.82) is 0 Å². The predicted molar refractivity (Wildman–Crippen MR) is 70.8 cm³/mol. The normalized spacial score (nSPS) is 11.9. The maximum atomic E-state index is 10.7. The van der Waals surface area contributed by atoms with Gasteiger partial charge in [-0.15, -0.1) is 0 Å². The Morgan fingerprint density at radius 1 is 1.61 bits per heavy atom. The first-order chi connectivity index (χ1) is 8.47. The van der Waals surface area contributed by atoms with Crippen LogP contribution < -0.4 is 10.6 Å². The van der Waals surface area contributed by atoms with Gasteiger partial charge in [0.1, 0.15) is 10.9 Å². The van der Waals surface area contributed by atoms with E-state index in [9.17, 15) is 10.1 Å². The molecule has 0 aliphatic rings. The number of hydrogen-bond donors (Lipinski definition) is 1. The van der Waals surface area contributed by atoms with E-state index in [1.807, 2.05) is 6.92 Å². The highest BCUT2D eigenvalue weighted by Crippen LogP contribution is 2.21. The van der Waals surface area contributed by atoms with Gasteiger partial charge in [-0.1, -0.05) is 18.5 Å². The van der Waals surface area contributed by atoms with Gasteiger partial charge in [-0.2, -0.15) is 0 Å². The lowest BCUT2D eigenvalue weighted by atomic mass is 10.3. The second kappa shape index (κ2) is 6.20. The van der Waals surface area contributed by atoms with E-state index in [-0.39, 0.29) is 5.82 Å². The highest BCUT2D eigenvalue weighted by molar-refractivity contribution is 6.29. The van der Waals surface area contributed by atoms with Gasteiger partial charge >= 0.3 is 5.82 Å². The molecule has 1 rings (SSSR count). The summed E-state index contributed by atoms with van der Waals surface area (Å²) in [5.74, 6) is -0.363. The van der Waals surface area contributed by atoms with Gasteiger partial charge in [0.25, 0.3) is 0 Å². The lowest BCUT2D eigenvalue weighted by Crippen LogP contribution is -2.27. The quantitative estimate of drug-likeness (QED) is 0.504. The van der Waals surface area contributed by atoms with E-state index in [1.165, 1.54) is 0 Å². The summed E-state index contributed by atoms with van der Waals surface area (Å²) in [6.45, 7) is 4.21. The first-order valence-corrected chi connectivity index (χ1v) is 5.85. The monoisotopic (exact) mass is 270 g/mol. The molecule has 0 fully saturated rings. The number of nitrogens with two attached hydrogens (primary N) is 1. The first kappa shape index (κ1) is 14.2.